The normalized spacial score (nSPS) is 22.4. The summed E-state index contributed by atoms with van der Waals surface area (Å²) in [6.45, 7) is 5.09. The highest BCUT2D eigenvalue weighted by Crippen LogP contribution is 2.32. The number of anilines is 1. The second-order valence-electron chi connectivity index (χ2n) is 6.81. The van der Waals surface area contributed by atoms with E-state index in [0.717, 1.165) is 28.9 Å². The molecule has 8 heteroatoms. The maximum atomic E-state index is 13.2. The highest BCUT2D eigenvalue weighted by molar-refractivity contribution is 5.94. The van der Waals surface area contributed by atoms with Crippen LogP contribution >= 0.6 is 0 Å². The zero-order chi connectivity index (χ0) is 17.7. The fourth-order valence-electron chi connectivity index (χ4n) is 3.77. The fraction of sp³-hybridized carbons (Fsp3) is 0.529. The summed E-state index contributed by atoms with van der Waals surface area (Å²) in [4.78, 5) is 23.4. The number of nitrogens with two attached hydrogens (primary N) is 1. The number of carbonyl (C=O) groups excluding carboxylic acids is 1. The molecule has 4 heterocycles. The molecule has 8 nitrogen and oxygen atoms in total. The molecule has 2 aromatic rings. The third kappa shape index (κ3) is 2.66. The number of hydrogen-bond acceptors (Lipinski definition) is 6. The van der Waals surface area contributed by atoms with Crippen LogP contribution in [0.15, 0.2) is 6.20 Å². The van der Waals surface area contributed by atoms with Gasteiger partial charge in [-0.15, -0.1) is 0 Å². The van der Waals surface area contributed by atoms with Gasteiger partial charge in [0.1, 0.15) is 5.69 Å². The van der Waals surface area contributed by atoms with Crippen molar-refractivity contribution in [1.82, 2.24) is 24.6 Å². The van der Waals surface area contributed by atoms with E-state index in [-0.39, 0.29) is 24.1 Å². The summed E-state index contributed by atoms with van der Waals surface area (Å²) in [5.41, 5.74) is 10.1. The van der Waals surface area contributed by atoms with Crippen LogP contribution in [0.25, 0.3) is 0 Å². The summed E-state index contributed by atoms with van der Waals surface area (Å²) in [7, 11) is 1.82. The predicted molar refractivity (Wildman–Crippen MR) is 90.8 cm³/mol. The zero-order valence-electron chi connectivity index (χ0n) is 14.7. The number of aryl methyl sites for hydroxylation is 1. The number of nitrogens with zero attached hydrogens (tertiary/aromatic N) is 5. The van der Waals surface area contributed by atoms with Gasteiger partial charge in [0.2, 0.25) is 5.95 Å². The largest absolute Gasteiger partial charge is 0.369 e. The minimum atomic E-state index is -0.0962. The van der Waals surface area contributed by atoms with Crippen LogP contribution in [0, 0.1) is 0 Å². The van der Waals surface area contributed by atoms with Crippen molar-refractivity contribution >= 4 is 11.9 Å². The van der Waals surface area contributed by atoms with E-state index >= 15 is 0 Å². The highest BCUT2D eigenvalue weighted by Gasteiger charge is 2.34. The predicted octanol–water partition coefficient (Wildman–Crippen LogP) is 1.01. The number of aromatic nitrogens is 4. The molecule has 0 radical (unpaired) electrons. The summed E-state index contributed by atoms with van der Waals surface area (Å²) < 4.78 is 7.52. The Hall–Kier alpha value is -2.48. The Morgan fingerprint density at radius 1 is 1.40 bits per heavy atom. The molecule has 4 rings (SSSR count). The summed E-state index contributed by atoms with van der Waals surface area (Å²) in [6, 6.07) is 0. The molecule has 2 aromatic heterocycles. The van der Waals surface area contributed by atoms with Crippen LogP contribution in [0.5, 0.6) is 0 Å². The highest BCUT2D eigenvalue weighted by atomic mass is 16.5. The summed E-state index contributed by atoms with van der Waals surface area (Å²) >= 11 is 0. The third-order valence-electron chi connectivity index (χ3n) is 4.94. The molecule has 0 fully saturated rings. The number of rotatable bonds is 1. The molecule has 0 saturated heterocycles. The standard InChI is InChI=1S/C17H22N6O2/c1-9-6-12-14(10(2)25-9)21-22(3)15(12)16(24)23-5-4-11-7-19-17(18)20-13(11)8-23/h7,9-10H,4-6,8H2,1-3H3,(H2,18,19,20)/t9-,10+/m1/s1. The SMILES string of the molecule is C[C@@H]1Cc2c(nn(C)c2C(=O)N2CCc3cnc(N)nc3C2)[C@H](C)O1. The van der Waals surface area contributed by atoms with Gasteiger partial charge in [0.25, 0.3) is 5.91 Å². The third-order valence-corrected chi connectivity index (χ3v) is 4.94. The first-order valence-corrected chi connectivity index (χ1v) is 8.54. The number of fused-ring (bicyclic) bond motifs is 2. The Balaban J connectivity index is 1.66. The van der Waals surface area contributed by atoms with E-state index in [1.54, 1.807) is 10.9 Å². The Morgan fingerprint density at radius 2 is 2.20 bits per heavy atom. The molecule has 0 spiro atoms. The van der Waals surface area contributed by atoms with Crippen LogP contribution in [-0.4, -0.2) is 43.2 Å². The molecular formula is C17H22N6O2. The van der Waals surface area contributed by atoms with Crippen molar-refractivity contribution in [2.24, 2.45) is 7.05 Å². The van der Waals surface area contributed by atoms with Crippen molar-refractivity contribution in [3.63, 3.8) is 0 Å². The average Bonchev–Trinajstić information content (AvgIpc) is 2.90. The van der Waals surface area contributed by atoms with Gasteiger partial charge in [-0.25, -0.2) is 9.97 Å². The molecule has 0 bridgehead atoms. The lowest BCUT2D eigenvalue weighted by Gasteiger charge is -2.29. The van der Waals surface area contributed by atoms with E-state index in [1.807, 2.05) is 25.8 Å². The first-order valence-electron chi connectivity index (χ1n) is 8.54. The average molecular weight is 342 g/mol. The van der Waals surface area contributed by atoms with Crippen LogP contribution in [0.1, 0.15) is 53.0 Å². The van der Waals surface area contributed by atoms with Crippen LogP contribution in [0.3, 0.4) is 0 Å². The summed E-state index contributed by atoms with van der Waals surface area (Å²) in [5, 5.41) is 4.54. The molecule has 0 aromatic carbocycles. The fourth-order valence-corrected chi connectivity index (χ4v) is 3.77. The Kier molecular flexibility index (Phi) is 3.72. The molecule has 2 atom stereocenters. The lowest BCUT2D eigenvalue weighted by molar-refractivity contribution is -0.00714. The minimum Gasteiger partial charge on any atom is -0.369 e. The van der Waals surface area contributed by atoms with Crippen LogP contribution in [0.4, 0.5) is 5.95 Å². The molecule has 25 heavy (non-hydrogen) atoms. The molecule has 0 saturated carbocycles. The molecule has 0 unspecified atom stereocenters. The van der Waals surface area contributed by atoms with Crippen molar-refractivity contribution < 1.29 is 9.53 Å². The van der Waals surface area contributed by atoms with Crippen molar-refractivity contribution in [3.05, 3.63) is 34.4 Å². The topological polar surface area (TPSA) is 99.2 Å². The van der Waals surface area contributed by atoms with Gasteiger partial charge in [-0.2, -0.15) is 5.10 Å². The van der Waals surface area contributed by atoms with Crippen LogP contribution in [0.2, 0.25) is 0 Å². The summed E-state index contributed by atoms with van der Waals surface area (Å²) in [5.74, 6) is 0.228. The van der Waals surface area contributed by atoms with Crippen molar-refractivity contribution in [2.75, 3.05) is 12.3 Å². The van der Waals surface area contributed by atoms with Gasteiger partial charge >= 0.3 is 0 Å². The second-order valence-corrected chi connectivity index (χ2v) is 6.81. The molecule has 132 valence electrons. The van der Waals surface area contributed by atoms with Gasteiger partial charge < -0.3 is 15.4 Å². The van der Waals surface area contributed by atoms with Gasteiger partial charge in [0, 0.05) is 31.8 Å². The van der Waals surface area contributed by atoms with E-state index in [1.165, 1.54) is 0 Å². The number of ether oxygens (including phenoxy) is 1. The van der Waals surface area contributed by atoms with Gasteiger partial charge in [0.05, 0.1) is 30.1 Å². The lowest BCUT2D eigenvalue weighted by atomic mass is 9.98. The molecule has 2 aliphatic heterocycles. The quantitative estimate of drug-likeness (QED) is 0.830. The molecule has 0 aliphatic carbocycles. The van der Waals surface area contributed by atoms with Gasteiger partial charge in [0.15, 0.2) is 0 Å². The molecule has 2 aliphatic rings. The number of nitrogen functional groups attached to an aromatic ring is 1. The van der Waals surface area contributed by atoms with E-state index in [0.29, 0.717) is 25.2 Å². The summed E-state index contributed by atoms with van der Waals surface area (Å²) in [6.07, 6.45) is 3.17. The number of hydrogen-bond donors (Lipinski definition) is 1. The lowest BCUT2D eigenvalue weighted by Crippen LogP contribution is -2.38. The van der Waals surface area contributed by atoms with Crippen molar-refractivity contribution in [1.29, 1.82) is 0 Å². The smallest absolute Gasteiger partial charge is 0.272 e. The van der Waals surface area contributed by atoms with E-state index in [2.05, 4.69) is 15.1 Å². The molecular weight excluding hydrogens is 320 g/mol. The van der Waals surface area contributed by atoms with Gasteiger partial charge in [-0.1, -0.05) is 0 Å². The van der Waals surface area contributed by atoms with Crippen molar-refractivity contribution in [3.8, 4) is 0 Å². The monoisotopic (exact) mass is 342 g/mol. The zero-order valence-corrected chi connectivity index (χ0v) is 14.7. The Morgan fingerprint density at radius 3 is 3.00 bits per heavy atom. The maximum absolute atomic E-state index is 13.2. The number of carbonyl (C=O) groups is 1. The molecule has 1 amide bonds. The Labute approximate surface area is 146 Å². The van der Waals surface area contributed by atoms with E-state index in [4.69, 9.17) is 10.5 Å². The molecule has 2 N–H and O–H groups in total. The minimum absolute atomic E-state index is 0.0135. The Bertz CT molecular complexity index is 846. The van der Waals surface area contributed by atoms with E-state index < -0.39 is 0 Å². The van der Waals surface area contributed by atoms with Crippen LogP contribution < -0.4 is 5.73 Å². The second kappa shape index (κ2) is 5.80. The number of amides is 1. The first kappa shape index (κ1) is 16.0. The van der Waals surface area contributed by atoms with Crippen LogP contribution in [-0.2, 0) is 31.2 Å². The first-order chi connectivity index (χ1) is 11.9. The van der Waals surface area contributed by atoms with E-state index in [9.17, 15) is 4.79 Å². The van der Waals surface area contributed by atoms with Crippen molar-refractivity contribution in [2.45, 2.75) is 45.4 Å². The van der Waals surface area contributed by atoms with Gasteiger partial charge in [-0.3, -0.25) is 9.48 Å². The maximum Gasteiger partial charge on any atom is 0.272 e. The van der Waals surface area contributed by atoms with Gasteiger partial charge in [-0.05, 0) is 25.8 Å².